The lowest BCUT2D eigenvalue weighted by Crippen LogP contribution is -2.38. The number of likely N-dealkylation sites (tertiary alicyclic amines) is 1. The number of carbonyl (C=O) groups excluding carboxylic acids is 2. The summed E-state index contributed by atoms with van der Waals surface area (Å²) in [5.41, 5.74) is 1.32. The SMILES string of the molecule is CN(CC(=O)Nc1ccccc1CN1CCCC1)C(=O)OC(C)(C)C. The number of ether oxygens (including phenoxy) is 1. The summed E-state index contributed by atoms with van der Waals surface area (Å²) < 4.78 is 5.26. The van der Waals surface area contributed by atoms with Crippen LogP contribution in [0.3, 0.4) is 0 Å². The van der Waals surface area contributed by atoms with Crippen LogP contribution in [-0.2, 0) is 16.1 Å². The van der Waals surface area contributed by atoms with Gasteiger partial charge < -0.3 is 15.0 Å². The van der Waals surface area contributed by atoms with Crippen molar-refractivity contribution in [1.29, 1.82) is 0 Å². The monoisotopic (exact) mass is 347 g/mol. The molecule has 0 radical (unpaired) electrons. The Morgan fingerprint density at radius 2 is 1.84 bits per heavy atom. The van der Waals surface area contributed by atoms with E-state index in [-0.39, 0.29) is 12.5 Å². The summed E-state index contributed by atoms with van der Waals surface area (Å²) >= 11 is 0. The maximum atomic E-state index is 12.3. The Hall–Kier alpha value is -2.08. The summed E-state index contributed by atoms with van der Waals surface area (Å²) in [6.45, 7) is 8.38. The summed E-state index contributed by atoms with van der Waals surface area (Å²) in [6.07, 6.45) is 1.96. The van der Waals surface area contributed by atoms with E-state index < -0.39 is 11.7 Å². The fourth-order valence-electron chi connectivity index (χ4n) is 2.77. The summed E-state index contributed by atoms with van der Waals surface area (Å²) in [6, 6.07) is 7.82. The predicted molar refractivity (Wildman–Crippen MR) is 98.4 cm³/mol. The fourth-order valence-corrected chi connectivity index (χ4v) is 2.77. The van der Waals surface area contributed by atoms with Crippen LogP contribution < -0.4 is 5.32 Å². The number of para-hydroxylation sites is 1. The Bertz CT molecular complexity index is 604. The molecule has 1 aliphatic heterocycles. The van der Waals surface area contributed by atoms with Crippen molar-refractivity contribution < 1.29 is 14.3 Å². The smallest absolute Gasteiger partial charge is 0.410 e. The molecule has 0 spiro atoms. The highest BCUT2D eigenvalue weighted by Crippen LogP contribution is 2.20. The first-order valence-corrected chi connectivity index (χ1v) is 8.79. The first-order chi connectivity index (χ1) is 11.7. The van der Waals surface area contributed by atoms with Gasteiger partial charge in [0.2, 0.25) is 5.91 Å². The van der Waals surface area contributed by atoms with Gasteiger partial charge in [0.1, 0.15) is 12.1 Å². The molecule has 6 nitrogen and oxygen atoms in total. The van der Waals surface area contributed by atoms with E-state index in [9.17, 15) is 9.59 Å². The Labute approximate surface area is 150 Å². The molecule has 0 bridgehead atoms. The maximum Gasteiger partial charge on any atom is 0.410 e. The quantitative estimate of drug-likeness (QED) is 0.889. The van der Waals surface area contributed by atoms with Gasteiger partial charge in [0, 0.05) is 19.3 Å². The van der Waals surface area contributed by atoms with E-state index in [0.29, 0.717) is 0 Å². The van der Waals surface area contributed by atoms with Crippen molar-refractivity contribution in [3.8, 4) is 0 Å². The van der Waals surface area contributed by atoms with Crippen molar-refractivity contribution in [2.45, 2.75) is 45.8 Å². The molecule has 1 heterocycles. The molecule has 6 heteroatoms. The molecular weight excluding hydrogens is 318 g/mol. The van der Waals surface area contributed by atoms with Gasteiger partial charge in [-0.05, 0) is 58.3 Å². The second-order valence-electron chi connectivity index (χ2n) is 7.52. The van der Waals surface area contributed by atoms with Crippen LogP contribution in [0.1, 0.15) is 39.2 Å². The van der Waals surface area contributed by atoms with E-state index in [1.54, 1.807) is 27.8 Å². The second kappa shape index (κ2) is 8.34. The normalized spacial score (nSPS) is 15.0. The summed E-state index contributed by atoms with van der Waals surface area (Å²) in [5.74, 6) is -0.234. The largest absolute Gasteiger partial charge is 0.444 e. The average molecular weight is 347 g/mol. The van der Waals surface area contributed by atoms with Crippen LogP contribution >= 0.6 is 0 Å². The molecule has 138 valence electrons. The standard InChI is InChI=1S/C19H29N3O3/c1-19(2,3)25-18(24)21(4)14-17(23)20-16-10-6-5-9-15(16)13-22-11-7-8-12-22/h5-6,9-10H,7-8,11-14H2,1-4H3,(H,20,23). The van der Waals surface area contributed by atoms with Crippen LogP contribution in [0.5, 0.6) is 0 Å². The van der Waals surface area contributed by atoms with Crippen LogP contribution in [0.2, 0.25) is 0 Å². The highest BCUT2D eigenvalue weighted by atomic mass is 16.6. The van der Waals surface area contributed by atoms with Crippen LogP contribution in [0.4, 0.5) is 10.5 Å². The number of nitrogens with zero attached hydrogens (tertiary/aromatic N) is 2. The topological polar surface area (TPSA) is 61.9 Å². The van der Waals surface area contributed by atoms with Gasteiger partial charge in [0.25, 0.3) is 0 Å². The zero-order valence-corrected chi connectivity index (χ0v) is 15.7. The van der Waals surface area contributed by atoms with E-state index >= 15 is 0 Å². The Balaban J connectivity index is 1.92. The highest BCUT2D eigenvalue weighted by Gasteiger charge is 2.21. The molecule has 1 N–H and O–H groups in total. The number of hydrogen-bond acceptors (Lipinski definition) is 4. The van der Waals surface area contributed by atoms with Gasteiger partial charge in [-0.2, -0.15) is 0 Å². The molecule has 25 heavy (non-hydrogen) atoms. The van der Waals surface area contributed by atoms with Crippen molar-refractivity contribution >= 4 is 17.7 Å². The van der Waals surface area contributed by atoms with E-state index in [1.807, 2.05) is 24.3 Å². The van der Waals surface area contributed by atoms with Crippen molar-refractivity contribution in [1.82, 2.24) is 9.80 Å². The molecule has 2 rings (SSSR count). The maximum absolute atomic E-state index is 12.3. The van der Waals surface area contributed by atoms with Gasteiger partial charge in [0.05, 0.1) is 0 Å². The van der Waals surface area contributed by atoms with E-state index in [1.165, 1.54) is 17.7 Å². The molecule has 0 aromatic heterocycles. The Morgan fingerprint density at radius 1 is 1.20 bits per heavy atom. The molecule has 1 aromatic carbocycles. The van der Waals surface area contributed by atoms with Crippen LogP contribution in [-0.4, -0.2) is 54.1 Å². The van der Waals surface area contributed by atoms with Gasteiger partial charge >= 0.3 is 6.09 Å². The number of nitrogens with one attached hydrogen (secondary N) is 1. The summed E-state index contributed by atoms with van der Waals surface area (Å²) in [7, 11) is 1.56. The fraction of sp³-hybridized carbons (Fsp3) is 0.579. The number of carbonyl (C=O) groups is 2. The minimum Gasteiger partial charge on any atom is -0.444 e. The first-order valence-electron chi connectivity index (χ1n) is 8.79. The van der Waals surface area contributed by atoms with Gasteiger partial charge in [0.15, 0.2) is 0 Å². The van der Waals surface area contributed by atoms with Gasteiger partial charge in [-0.15, -0.1) is 0 Å². The van der Waals surface area contributed by atoms with E-state index in [2.05, 4.69) is 10.2 Å². The number of likely N-dealkylation sites (N-methyl/N-ethyl adjacent to an activating group) is 1. The molecule has 1 aromatic rings. The first kappa shape index (κ1) is 19.2. The molecule has 1 saturated heterocycles. The van der Waals surface area contributed by atoms with Crippen LogP contribution in [0.25, 0.3) is 0 Å². The number of benzene rings is 1. The number of hydrogen-bond donors (Lipinski definition) is 1. The van der Waals surface area contributed by atoms with Crippen molar-refractivity contribution in [3.05, 3.63) is 29.8 Å². The number of anilines is 1. The zero-order valence-electron chi connectivity index (χ0n) is 15.7. The molecule has 2 amide bonds. The van der Waals surface area contributed by atoms with Gasteiger partial charge in [-0.25, -0.2) is 4.79 Å². The van der Waals surface area contributed by atoms with E-state index in [0.717, 1.165) is 30.9 Å². The highest BCUT2D eigenvalue weighted by molar-refractivity contribution is 5.94. The molecule has 0 atom stereocenters. The lowest BCUT2D eigenvalue weighted by Gasteiger charge is -2.24. The molecule has 0 aliphatic carbocycles. The third kappa shape index (κ3) is 6.38. The summed E-state index contributed by atoms with van der Waals surface area (Å²) in [4.78, 5) is 27.9. The zero-order chi connectivity index (χ0) is 18.4. The van der Waals surface area contributed by atoms with Gasteiger partial charge in [-0.1, -0.05) is 18.2 Å². The minimum atomic E-state index is -0.579. The summed E-state index contributed by atoms with van der Waals surface area (Å²) in [5, 5.41) is 2.92. The minimum absolute atomic E-state index is 0.0486. The third-order valence-electron chi connectivity index (χ3n) is 3.97. The second-order valence-corrected chi connectivity index (χ2v) is 7.52. The lowest BCUT2D eigenvalue weighted by atomic mass is 10.1. The Morgan fingerprint density at radius 3 is 2.48 bits per heavy atom. The van der Waals surface area contributed by atoms with Gasteiger partial charge in [-0.3, -0.25) is 9.69 Å². The van der Waals surface area contributed by atoms with Crippen molar-refractivity contribution in [2.75, 3.05) is 32.0 Å². The molecule has 1 aliphatic rings. The number of rotatable bonds is 5. The third-order valence-corrected chi connectivity index (χ3v) is 3.97. The molecule has 1 fully saturated rings. The molecule has 0 unspecified atom stereocenters. The molecular formula is C19H29N3O3. The van der Waals surface area contributed by atoms with Crippen LogP contribution in [0.15, 0.2) is 24.3 Å². The predicted octanol–water partition coefficient (Wildman–Crippen LogP) is 3.09. The number of amides is 2. The van der Waals surface area contributed by atoms with Crippen molar-refractivity contribution in [2.24, 2.45) is 0 Å². The Kier molecular flexibility index (Phi) is 6.42. The van der Waals surface area contributed by atoms with Crippen molar-refractivity contribution in [3.63, 3.8) is 0 Å². The average Bonchev–Trinajstić information content (AvgIpc) is 3.00. The van der Waals surface area contributed by atoms with E-state index in [4.69, 9.17) is 4.74 Å². The van der Waals surface area contributed by atoms with Crippen LogP contribution in [0, 0.1) is 0 Å². The molecule has 0 saturated carbocycles. The lowest BCUT2D eigenvalue weighted by molar-refractivity contribution is -0.117.